The van der Waals surface area contributed by atoms with E-state index < -0.39 is 0 Å². The lowest BCUT2D eigenvalue weighted by Gasteiger charge is -2.28. The Balaban J connectivity index is 1.92. The topological polar surface area (TPSA) is 74.0 Å². The quantitative estimate of drug-likeness (QED) is 0.507. The Bertz CT molecular complexity index is 853. The van der Waals surface area contributed by atoms with E-state index in [2.05, 4.69) is 17.9 Å². The maximum Gasteiger partial charge on any atom is 0.307 e. The van der Waals surface area contributed by atoms with E-state index in [9.17, 15) is 4.79 Å². The average Bonchev–Trinajstić information content (AvgIpc) is 3.16. The van der Waals surface area contributed by atoms with Crippen molar-refractivity contribution in [2.45, 2.75) is 45.8 Å². The number of esters is 1. The summed E-state index contributed by atoms with van der Waals surface area (Å²) in [5.41, 5.74) is 10.3. The standard InChI is InChI=1S/C23H30N2O4/c1-4-11-29-21-10-9-16(12-22(21)28-5-2)20(13-23(26)27-3)25-14-17-7-6-8-19(24)18(17)15-25/h6-10,12,20H,4-5,11,13-15,24H2,1-3H3. The van der Waals surface area contributed by atoms with Gasteiger partial charge in [-0.2, -0.15) is 0 Å². The van der Waals surface area contributed by atoms with Gasteiger partial charge in [-0.15, -0.1) is 0 Å². The number of carbonyl (C=O) groups excluding carboxylic acids is 1. The van der Waals surface area contributed by atoms with Gasteiger partial charge in [0.15, 0.2) is 11.5 Å². The molecule has 1 aliphatic heterocycles. The van der Waals surface area contributed by atoms with Crippen LogP contribution in [-0.2, 0) is 22.6 Å². The van der Waals surface area contributed by atoms with Crippen LogP contribution >= 0.6 is 0 Å². The number of carbonyl (C=O) groups is 1. The lowest BCUT2D eigenvalue weighted by molar-refractivity contribution is -0.142. The Morgan fingerprint density at radius 2 is 1.97 bits per heavy atom. The highest BCUT2D eigenvalue weighted by molar-refractivity contribution is 5.70. The van der Waals surface area contributed by atoms with Crippen molar-refractivity contribution in [1.82, 2.24) is 4.90 Å². The van der Waals surface area contributed by atoms with Gasteiger partial charge in [0, 0.05) is 24.8 Å². The summed E-state index contributed by atoms with van der Waals surface area (Å²) in [6.07, 6.45) is 1.18. The molecule has 0 saturated heterocycles. The number of nitrogens with two attached hydrogens (primary N) is 1. The molecule has 2 aromatic rings. The first-order chi connectivity index (χ1) is 14.1. The number of nitrogens with zero attached hydrogens (tertiary/aromatic N) is 1. The second-order valence-corrected chi connectivity index (χ2v) is 7.17. The minimum Gasteiger partial charge on any atom is -0.490 e. The summed E-state index contributed by atoms with van der Waals surface area (Å²) < 4.78 is 16.6. The monoisotopic (exact) mass is 398 g/mol. The van der Waals surface area contributed by atoms with Gasteiger partial charge in [-0.1, -0.05) is 25.1 Å². The van der Waals surface area contributed by atoms with Crippen LogP contribution in [0.3, 0.4) is 0 Å². The molecule has 0 saturated carbocycles. The van der Waals surface area contributed by atoms with E-state index in [0.717, 1.165) is 35.5 Å². The van der Waals surface area contributed by atoms with Gasteiger partial charge in [0.2, 0.25) is 0 Å². The van der Waals surface area contributed by atoms with Crippen molar-refractivity contribution in [3.63, 3.8) is 0 Å². The van der Waals surface area contributed by atoms with Crippen LogP contribution in [0.1, 0.15) is 49.4 Å². The fourth-order valence-electron chi connectivity index (χ4n) is 3.72. The number of nitrogen functional groups attached to an aromatic ring is 1. The van der Waals surface area contributed by atoms with Crippen LogP contribution < -0.4 is 15.2 Å². The molecule has 1 heterocycles. The van der Waals surface area contributed by atoms with E-state index in [1.54, 1.807) is 0 Å². The minimum absolute atomic E-state index is 0.145. The van der Waals surface area contributed by atoms with Gasteiger partial charge < -0.3 is 19.9 Å². The van der Waals surface area contributed by atoms with Gasteiger partial charge in [0.1, 0.15) is 0 Å². The van der Waals surface area contributed by atoms with E-state index >= 15 is 0 Å². The highest BCUT2D eigenvalue weighted by Gasteiger charge is 2.30. The Morgan fingerprint density at radius 1 is 1.14 bits per heavy atom. The zero-order valence-corrected chi connectivity index (χ0v) is 17.4. The number of hydrogen-bond acceptors (Lipinski definition) is 6. The number of rotatable bonds is 9. The maximum absolute atomic E-state index is 12.2. The Labute approximate surface area is 172 Å². The van der Waals surface area contributed by atoms with Crippen molar-refractivity contribution in [2.75, 3.05) is 26.1 Å². The van der Waals surface area contributed by atoms with E-state index in [4.69, 9.17) is 19.9 Å². The third-order valence-corrected chi connectivity index (χ3v) is 5.19. The summed E-state index contributed by atoms with van der Waals surface area (Å²) in [6, 6.07) is 11.8. The van der Waals surface area contributed by atoms with Gasteiger partial charge in [-0.05, 0) is 48.2 Å². The normalized spacial score (nSPS) is 14.3. The first-order valence-electron chi connectivity index (χ1n) is 10.1. The fourth-order valence-corrected chi connectivity index (χ4v) is 3.72. The molecule has 0 radical (unpaired) electrons. The van der Waals surface area contributed by atoms with E-state index in [0.29, 0.717) is 25.5 Å². The van der Waals surface area contributed by atoms with E-state index in [1.165, 1.54) is 12.7 Å². The molecular weight excluding hydrogens is 368 g/mol. The molecule has 0 spiro atoms. The lowest BCUT2D eigenvalue weighted by atomic mass is 10.0. The molecule has 0 amide bonds. The molecular formula is C23H30N2O4. The van der Waals surface area contributed by atoms with Crippen molar-refractivity contribution in [2.24, 2.45) is 0 Å². The highest BCUT2D eigenvalue weighted by atomic mass is 16.5. The summed E-state index contributed by atoms with van der Waals surface area (Å²) in [5, 5.41) is 0. The number of methoxy groups -OCH3 is 1. The summed E-state index contributed by atoms with van der Waals surface area (Å²) in [7, 11) is 1.42. The zero-order valence-electron chi connectivity index (χ0n) is 17.4. The molecule has 3 rings (SSSR count). The minimum atomic E-state index is -0.247. The van der Waals surface area contributed by atoms with Crippen LogP contribution in [0.5, 0.6) is 11.5 Å². The van der Waals surface area contributed by atoms with Crippen molar-refractivity contribution in [3.8, 4) is 11.5 Å². The molecule has 29 heavy (non-hydrogen) atoms. The Morgan fingerprint density at radius 3 is 2.66 bits per heavy atom. The summed E-state index contributed by atoms with van der Waals surface area (Å²) >= 11 is 0. The molecule has 6 heteroatoms. The fraction of sp³-hybridized carbons (Fsp3) is 0.435. The van der Waals surface area contributed by atoms with Crippen LogP contribution in [0, 0.1) is 0 Å². The average molecular weight is 399 g/mol. The molecule has 6 nitrogen and oxygen atoms in total. The summed E-state index contributed by atoms with van der Waals surface area (Å²) in [6.45, 7) is 6.62. The number of fused-ring (bicyclic) bond motifs is 1. The predicted octanol–water partition coefficient (Wildman–Crippen LogP) is 4.08. The second kappa shape index (κ2) is 9.65. The highest BCUT2D eigenvalue weighted by Crippen LogP contribution is 2.38. The molecule has 0 fully saturated rings. The Hall–Kier alpha value is -2.73. The SMILES string of the molecule is CCCOc1ccc(C(CC(=O)OC)N2Cc3cccc(N)c3C2)cc1OCC. The number of anilines is 1. The van der Waals surface area contributed by atoms with Crippen molar-refractivity contribution in [3.05, 3.63) is 53.1 Å². The van der Waals surface area contributed by atoms with Gasteiger partial charge in [-0.3, -0.25) is 9.69 Å². The number of hydrogen-bond donors (Lipinski definition) is 1. The van der Waals surface area contributed by atoms with Crippen LogP contribution in [0.15, 0.2) is 36.4 Å². The van der Waals surface area contributed by atoms with Crippen LogP contribution in [-0.4, -0.2) is 31.2 Å². The first-order valence-corrected chi connectivity index (χ1v) is 10.1. The third-order valence-electron chi connectivity index (χ3n) is 5.19. The van der Waals surface area contributed by atoms with Gasteiger partial charge in [-0.25, -0.2) is 0 Å². The molecule has 2 aromatic carbocycles. The zero-order chi connectivity index (χ0) is 20.8. The molecule has 0 bridgehead atoms. The lowest BCUT2D eigenvalue weighted by Crippen LogP contribution is -2.26. The third kappa shape index (κ3) is 4.82. The van der Waals surface area contributed by atoms with Crippen molar-refractivity contribution < 1.29 is 19.0 Å². The summed E-state index contributed by atoms with van der Waals surface area (Å²) in [5.74, 6) is 1.18. The van der Waals surface area contributed by atoms with Crippen LogP contribution in [0.25, 0.3) is 0 Å². The molecule has 1 atom stereocenters. The molecule has 0 aliphatic carbocycles. The number of benzene rings is 2. The van der Waals surface area contributed by atoms with Gasteiger partial charge in [0.25, 0.3) is 0 Å². The summed E-state index contributed by atoms with van der Waals surface area (Å²) in [4.78, 5) is 14.4. The van der Waals surface area contributed by atoms with Crippen LogP contribution in [0.4, 0.5) is 5.69 Å². The number of ether oxygens (including phenoxy) is 3. The smallest absolute Gasteiger partial charge is 0.307 e. The molecule has 2 N–H and O–H groups in total. The van der Waals surface area contributed by atoms with Gasteiger partial charge in [0.05, 0.1) is 26.7 Å². The van der Waals surface area contributed by atoms with Crippen molar-refractivity contribution in [1.29, 1.82) is 0 Å². The van der Waals surface area contributed by atoms with Crippen LogP contribution in [0.2, 0.25) is 0 Å². The second-order valence-electron chi connectivity index (χ2n) is 7.17. The predicted molar refractivity (Wildman–Crippen MR) is 113 cm³/mol. The molecule has 1 aliphatic rings. The van der Waals surface area contributed by atoms with E-state index in [-0.39, 0.29) is 18.4 Å². The van der Waals surface area contributed by atoms with E-state index in [1.807, 2.05) is 37.3 Å². The molecule has 1 unspecified atom stereocenters. The first kappa shape index (κ1) is 21.0. The van der Waals surface area contributed by atoms with Crippen molar-refractivity contribution >= 4 is 11.7 Å². The maximum atomic E-state index is 12.2. The molecule has 156 valence electrons. The largest absolute Gasteiger partial charge is 0.490 e. The van der Waals surface area contributed by atoms with Gasteiger partial charge >= 0.3 is 5.97 Å². The molecule has 0 aromatic heterocycles. The Kier molecular flexibility index (Phi) is 6.99.